The van der Waals surface area contributed by atoms with Gasteiger partial charge in [0.2, 0.25) is 17.6 Å². The molecule has 2 N–H and O–H groups in total. The first-order chi connectivity index (χ1) is 18.9. The Kier molecular flexibility index (Phi) is 7.29. The molecule has 1 aromatic heterocycles. The second kappa shape index (κ2) is 10.6. The zero-order valence-electron chi connectivity index (χ0n) is 20.9. The average Bonchev–Trinajstić information content (AvgIpc) is 3.53. The molecule has 2 aliphatic rings. The molecule has 14 heteroatoms. The number of nitrogens with two attached hydrogens (primary N) is 1. The second-order valence-electron chi connectivity index (χ2n) is 9.91. The lowest BCUT2D eigenvalue weighted by Crippen LogP contribution is -2.41. The second-order valence-corrected chi connectivity index (χ2v) is 9.91. The highest BCUT2D eigenvalue weighted by atomic mass is 19.4. The van der Waals surface area contributed by atoms with Gasteiger partial charge in [-0.2, -0.15) is 13.2 Å². The Labute approximate surface area is 224 Å². The Morgan fingerprint density at radius 2 is 1.70 bits per heavy atom. The van der Waals surface area contributed by atoms with Crippen molar-refractivity contribution in [3.63, 3.8) is 0 Å². The smallest absolute Gasteiger partial charge is 0.368 e. The van der Waals surface area contributed by atoms with E-state index in [1.54, 1.807) is 35.2 Å². The number of fused-ring (bicyclic) bond motifs is 1. The van der Waals surface area contributed by atoms with Crippen LogP contribution in [0.2, 0.25) is 0 Å². The molecule has 1 fully saturated rings. The molecule has 40 heavy (non-hydrogen) atoms. The van der Waals surface area contributed by atoms with Crippen molar-refractivity contribution in [3.8, 4) is 0 Å². The van der Waals surface area contributed by atoms with Crippen LogP contribution in [-0.4, -0.2) is 55.5 Å². The molecule has 3 aromatic rings. The Balaban J connectivity index is 1.37. The summed E-state index contributed by atoms with van der Waals surface area (Å²) in [6, 6.07) is 8.60. The fourth-order valence-electron chi connectivity index (χ4n) is 5.32. The third kappa shape index (κ3) is 5.53. The maximum Gasteiger partial charge on any atom is 0.451 e. The summed E-state index contributed by atoms with van der Waals surface area (Å²) in [5.41, 5.74) is 6.16. The van der Waals surface area contributed by atoms with Gasteiger partial charge in [0.15, 0.2) is 17.5 Å². The first-order valence-electron chi connectivity index (χ1n) is 12.4. The molecule has 0 aliphatic carbocycles. The molecule has 2 aliphatic heterocycles. The van der Waals surface area contributed by atoms with E-state index in [-0.39, 0.29) is 43.9 Å². The van der Waals surface area contributed by atoms with Gasteiger partial charge < -0.3 is 15.2 Å². The van der Waals surface area contributed by atoms with E-state index in [1.165, 1.54) is 4.90 Å². The number of benzene rings is 2. The van der Waals surface area contributed by atoms with Gasteiger partial charge in [-0.05, 0) is 29.5 Å². The minimum atomic E-state index is -4.69. The van der Waals surface area contributed by atoms with E-state index >= 15 is 0 Å². The van der Waals surface area contributed by atoms with E-state index in [0.29, 0.717) is 18.2 Å². The molecule has 212 valence electrons. The third-order valence-corrected chi connectivity index (χ3v) is 7.32. The van der Waals surface area contributed by atoms with Crippen molar-refractivity contribution in [3.05, 3.63) is 82.7 Å². The normalized spacial score (nSPS) is 20.1. The van der Waals surface area contributed by atoms with E-state index in [9.17, 15) is 35.9 Å². The molecule has 4 atom stereocenters. The van der Waals surface area contributed by atoms with Crippen LogP contribution in [-0.2, 0) is 35.3 Å². The van der Waals surface area contributed by atoms with Crippen LogP contribution in [0.25, 0.3) is 0 Å². The summed E-state index contributed by atoms with van der Waals surface area (Å²) in [6.07, 6.45) is -5.04. The zero-order valence-corrected chi connectivity index (χ0v) is 20.9. The highest BCUT2D eigenvalue weighted by Crippen LogP contribution is 2.39. The van der Waals surface area contributed by atoms with E-state index in [4.69, 9.17) is 5.73 Å². The third-order valence-electron chi connectivity index (χ3n) is 7.32. The summed E-state index contributed by atoms with van der Waals surface area (Å²) in [4.78, 5) is 28.8. The molecule has 3 heterocycles. The fourth-order valence-corrected chi connectivity index (χ4v) is 5.32. The summed E-state index contributed by atoms with van der Waals surface area (Å²) in [6.45, 7) is -0.0916. The Morgan fingerprint density at radius 3 is 2.38 bits per heavy atom. The summed E-state index contributed by atoms with van der Waals surface area (Å²) in [5, 5.41) is 6.79. The lowest BCUT2D eigenvalue weighted by Gasteiger charge is -2.30. The van der Waals surface area contributed by atoms with Gasteiger partial charge in [-0.3, -0.25) is 14.5 Å². The predicted octanol–water partition coefficient (Wildman–Crippen LogP) is 3.22. The number of hydrogen-bond donors (Lipinski definition) is 1. The topological polar surface area (TPSA) is 97.1 Å². The van der Waals surface area contributed by atoms with Crippen molar-refractivity contribution in [1.29, 1.82) is 0 Å². The number of carbonyl (C=O) groups is 2. The molecule has 0 spiro atoms. The SMILES string of the molecule is NC(=O)[C@H](c1ccccc1)N1CC1C(CC(=O)N1CCn2c(nnc2C(F)(F)F)C1)Cc1cc(F)c(F)cc1F. The quantitative estimate of drug-likeness (QED) is 0.257. The van der Waals surface area contributed by atoms with Gasteiger partial charge in [-0.1, -0.05) is 30.3 Å². The number of nitrogens with zero attached hydrogens (tertiary/aromatic N) is 5. The van der Waals surface area contributed by atoms with Crippen LogP contribution in [0.1, 0.15) is 35.2 Å². The zero-order chi connectivity index (χ0) is 28.8. The van der Waals surface area contributed by atoms with Gasteiger partial charge in [0.1, 0.15) is 11.9 Å². The van der Waals surface area contributed by atoms with Crippen LogP contribution in [0.3, 0.4) is 0 Å². The van der Waals surface area contributed by atoms with Gasteiger partial charge in [0.25, 0.3) is 0 Å². The van der Waals surface area contributed by atoms with Gasteiger partial charge >= 0.3 is 6.18 Å². The molecule has 2 amide bonds. The van der Waals surface area contributed by atoms with Gasteiger partial charge in [-0.15, -0.1) is 10.2 Å². The predicted molar refractivity (Wildman–Crippen MR) is 127 cm³/mol. The monoisotopic (exact) mass is 566 g/mol. The van der Waals surface area contributed by atoms with Crippen LogP contribution >= 0.6 is 0 Å². The van der Waals surface area contributed by atoms with Crippen molar-refractivity contribution in [2.24, 2.45) is 11.7 Å². The van der Waals surface area contributed by atoms with Crippen molar-refractivity contribution in [1.82, 2.24) is 24.6 Å². The van der Waals surface area contributed by atoms with Crippen LogP contribution in [0.5, 0.6) is 0 Å². The first-order valence-corrected chi connectivity index (χ1v) is 12.4. The largest absolute Gasteiger partial charge is 0.451 e. The molecule has 8 nitrogen and oxygen atoms in total. The van der Waals surface area contributed by atoms with E-state index < -0.39 is 59.3 Å². The molecular formula is C26H24F6N6O2. The molecule has 5 rings (SSSR count). The lowest BCUT2D eigenvalue weighted by atomic mass is 9.91. The van der Waals surface area contributed by atoms with E-state index in [1.807, 2.05) is 0 Å². The lowest BCUT2D eigenvalue weighted by molar-refractivity contribution is -0.148. The molecule has 3 unspecified atom stereocenters. The number of primary amides is 1. The summed E-state index contributed by atoms with van der Waals surface area (Å²) < 4.78 is 82.5. The molecule has 2 aromatic carbocycles. The average molecular weight is 567 g/mol. The van der Waals surface area contributed by atoms with Gasteiger partial charge in [-0.25, -0.2) is 13.2 Å². The number of alkyl halides is 3. The maximum absolute atomic E-state index is 14.6. The van der Waals surface area contributed by atoms with Crippen molar-refractivity contribution < 1.29 is 35.9 Å². The maximum atomic E-state index is 14.6. The van der Waals surface area contributed by atoms with E-state index in [2.05, 4.69) is 10.2 Å². The Hall–Kier alpha value is -3.94. The van der Waals surface area contributed by atoms with Crippen molar-refractivity contribution >= 4 is 11.8 Å². The van der Waals surface area contributed by atoms with Gasteiger partial charge in [0.05, 0.1) is 6.54 Å². The van der Waals surface area contributed by atoms with Crippen LogP contribution in [0, 0.1) is 23.4 Å². The van der Waals surface area contributed by atoms with Crippen molar-refractivity contribution in [2.75, 3.05) is 13.1 Å². The highest BCUT2D eigenvalue weighted by molar-refractivity contribution is 5.82. The van der Waals surface area contributed by atoms with Crippen LogP contribution in [0.15, 0.2) is 42.5 Å². The molecule has 0 radical (unpaired) electrons. The molecular weight excluding hydrogens is 542 g/mol. The van der Waals surface area contributed by atoms with E-state index in [0.717, 1.165) is 10.6 Å². The Bertz CT molecular complexity index is 1430. The number of hydrogen-bond acceptors (Lipinski definition) is 5. The number of amides is 2. The summed E-state index contributed by atoms with van der Waals surface area (Å²) in [5.74, 6) is -6.48. The number of aromatic nitrogens is 3. The number of halogens is 6. The van der Waals surface area contributed by atoms with Gasteiger partial charge in [0, 0.05) is 38.2 Å². The number of carbonyl (C=O) groups excluding carboxylic acids is 2. The first kappa shape index (κ1) is 27.6. The molecule has 0 bridgehead atoms. The summed E-state index contributed by atoms with van der Waals surface area (Å²) >= 11 is 0. The van der Waals surface area contributed by atoms with Crippen LogP contribution < -0.4 is 5.73 Å². The summed E-state index contributed by atoms with van der Waals surface area (Å²) in [7, 11) is 0. The Morgan fingerprint density at radius 1 is 1.00 bits per heavy atom. The standard InChI is InChI=1S/C26H24F6N6O2/c27-17-11-19(29)18(28)9-15(17)8-16(20-12-38(20)23(24(33)40)14-4-2-1-3-5-14)10-22(39)36-6-7-37-21(13-36)34-35-25(37)26(30,31)32/h1-5,9,11,16,20,23H,6-8,10,12-13H2,(H2,33,40)/t16?,20?,23-,38?/m0/s1. The highest BCUT2D eigenvalue weighted by Gasteiger charge is 2.48. The van der Waals surface area contributed by atoms with Crippen LogP contribution in [0.4, 0.5) is 26.3 Å². The van der Waals surface area contributed by atoms with Crippen molar-refractivity contribution in [2.45, 2.75) is 44.2 Å². The molecule has 0 saturated carbocycles. The number of rotatable bonds is 8. The molecule has 1 saturated heterocycles. The minimum absolute atomic E-state index is 0.0268. The fraction of sp³-hybridized carbons (Fsp3) is 0.385. The minimum Gasteiger partial charge on any atom is -0.368 e.